The maximum absolute atomic E-state index is 9.76. The number of nitrogens with zero attached hydrogens (tertiary/aromatic N) is 1. The van der Waals surface area contributed by atoms with Gasteiger partial charge in [-0.05, 0) is 5.56 Å². The first kappa shape index (κ1) is 10.5. The molecule has 0 saturated heterocycles. The maximum atomic E-state index is 9.76. The topological polar surface area (TPSA) is 52.4 Å². The number of hydrogen-bond donors (Lipinski definition) is 0. The second kappa shape index (κ2) is 5.18. The Bertz CT molecular complexity index is 240. The molecule has 0 saturated carbocycles. The molecule has 0 aliphatic rings. The normalized spacial score (nSPS) is 8.33. The summed E-state index contributed by atoms with van der Waals surface area (Å²) in [7, 11) is 0. The van der Waals surface area contributed by atoms with E-state index >= 15 is 0 Å². The van der Waals surface area contributed by atoms with Gasteiger partial charge in [0, 0.05) is 8.41 Å². The summed E-state index contributed by atoms with van der Waals surface area (Å²) in [6, 6.07) is 8.99. The predicted octanol–water partition coefficient (Wildman–Crippen LogP) is 1.01. The Hall–Kier alpha value is -1.52. The summed E-state index contributed by atoms with van der Waals surface area (Å²) in [5, 5.41) is 8.96. The third-order valence-corrected chi connectivity index (χ3v) is 1.18. The third-order valence-electron chi connectivity index (χ3n) is 1.18. The minimum absolute atomic E-state index is 0. The lowest BCUT2D eigenvalue weighted by molar-refractivity contribution is -0.763. The molecule has 0 aliphatic carbocycles. The molecule has 61 valence electrons. The van der Waals surface area contributed by atoms with Crippen LogP contribution in [-0.2, 0) is 11.4 Å². The van der Waals surface area contributed by atoms with E-state index in [0.717, 1.165) is 5.56 Å². The lowest BCUT2D eigenvalue weighted by atomic mass is 10.2. The lowest BCUT2D eigenvalue weighted by Crippen LogP contribution is -1.99. The van der Waals surface area contributed by atoms with Gasteiger partial charge in [-0.25, -0.2) is 0 Å². The first-order chi connectivity index (χ1) is 5.29. The number of rotatable bonds is 3. The minimum atomic E-state index is -0.799. The molecule has 0 spiro atoms. The molecule has 0 N–H and O–H groups in total. The summed E-state index contributed by atoms with van der Waals surface area (Å²) in [6.45, 7) is 0.0217. The highest BCUT2D eigenvalue weighted by molar-refractivity contribution is 5.75. The molecule has 0 heterocycles. The molecule has 1 rings (SSSR count). The summed E-state index contributed by atoms with van der Waals surface area (Å²) in [5.41, 5.74) is 0.796. The molecule has 4 nitrogen and oxygen atoms in total. The van der Waals surface area contributed by atoms with Crippen molar-refractivity contribution in [3.8, 4) is 0 Å². The molecule has 0 aromatic heterocycles. The summed E-state index contributed by atoms with van der Waals surface area (Å²) in [5.74, 6) is 0. The fourth-order valence-electron chi connectivity index (χ4n) is 0.701. The standard InChI is InChI=1S/C7H7NO3.B/c9-8(10)11-6-7-4-2-1-3-5-7;/h1-5H,6H2;. The highest BCUT2D eigenvalue weighted by Crippen LogP contribution is 1.99. The summed E-state index contributed by atoms with van der Waals surface area (Å²) in [4.78, 5) is 13.9. The fraction of sp³-hybridized carbons (Fsp3) is 0.143. The van der Waals surface area contributed by atoms with Gasteiger partial charge in [-0.2, -0.15) is 0 Å². The van der Waals surface area contributed by atoms with Gasteiger partial charge in [-0.15, -0.1) is 10.1 Å². The zero-order chi connectivity index (χ0) is 8.10. The van der Waals surface area contributed by atoms with Crippen LogP contribution in [0.2, 0.25) is 0 Å². The van der Waals surface area contributed by atoms with Gasteiger partial charge >= 0.3 is 0 Å². The Kier molecular flexibility index (Phi) is 4.52. The van der Waals surface area contributed by atoms with E-state index in [-0.39, 0.29) is 15.0 Å². The van der Waals surface area contributed by atoms with Gasteiger partial charge in [0.1, 0.15) is 6.61 Å². The monoisotopic (exact) mass is 164 g/mol. The largest absolute Gasteiger partial charge is 0.309 e. The second-order valence-electron chi connectivity index (χ2n) is 1.98. The highest BCUT2D eigenvalue weighted by Gasteiger charge is 1.94. The molecule has 0 unspecified atom stereocenters. The SMILES string of the molecule is O=[N+]([O-])OCc1ccccc1.[B]. The first-order valence-electron chi connectivity index (χ1n) is 3.10. The van der Waals surface area contributed by atoms with Crippen LogP contribution in [0.25, 0.3) is 0 Å². The van der Waals surface area contributed by atoms with E-state index in [4.69, 9.17) is 0 Å². The van der Waals surface area contributed by atoms with Crippen LogP contribution in [-0.4, -0.2) is 13.5 Å². The average molecular weight is 164 g/mol. The van der Waals surface area contributed by atoms with Crippen molar-refractivity contribution in [2.75, 3.05) is 0 Å². The molecule has 0 fully saturated rings. The zero-order valence-electron chi connectivity index (χ0n) is 6.34. The van der Waals surface area contributed by atoms with E-state index < -0.39 is 5.09 Å². The van der Waals surface area contributed by atoms with E-state index in [0.29, 0.717) is 0 Å². The van der Waals surface area contributed by atoms with Crippen molar-refractivity contribution < 1.29 is 9.92 Å². The van der Waals surface area contributed by atoms with Crippen molar-refractivity contribution in [3.63, 3.8) is 0 Å². The van der Waals surface area contributed by atoms with Crippen molar-refractivity contribution in [2.45, 2.75) is 6.61 Å². The Morgan fingerprint density at radius 1 is 1.33 bits per heavy atom. The van der Waals surface area contributed by atoms with Gasteiger partial charge in [-0.1, -0.05) is 30.3 Å². The average Bonchev–Trinajstić information content (AvgIpc) is 2.03. The van der Waals surface area contributed by atoms with E-state index in [1.165, 1.54) is 0 Å². The van der Waals surface area contributed by atoms with Crippen molar-refractivity contribution >= 4 is 8.41 Å². The molecule has 0 amide bonds. The lowest BCUT2D eigenvalue weighted by Gasteiger charge is -1.96. The molecule has 1 aromatic rings. The van der Waals surface area contributed by atoms with E-state index in [1.807, 2.05) is 6.07 Å². The van der Waals surface area contributed by atoms with Crippen molar-refractivity contribution in [1.29, 1.82) is 0 Å². The molecule has 0 atom stereocenters. The van der Waals surface area contributed by atoms with E-state index in [1.54, 1.807) is 24.3 Å². The molecule has 12 heavy (non-hydrogen) atoms. The summed E-state index contributed by atoms with van der Waals surface area (Å²) >= 11 is 0. The Morgan fingerprint density at radius 3 is 2.42 bits per heavy atom. The quantitative estimate of drug-likeness (QED) is 0.380. The molecular formula is C7H7BNO3. The van der Waals surface area contributed by atoms with Crippen LogP contribution in [0.3, 0.4) is 0 Å². The van der Waals surface area contributed by atoms with E-state index in [2.05, 4.69) is 4.84 Å². The van der Waals surface area contributed by atoms with Gasteiger partial charge in [-0.3, -0.25) is 0 Å². The zero-order valence-corrected chi connectivity index (χ0v) is 6.34. The minimum Gasteiger partial charge on any atom is -0.309 e. The van der Waals surface area contributed by atoms with Crippen LogP contribution in [0.4, 0.5) is 0 Å². The van der Waals surface area contributed by atoms with Crippen LogP contribution in [0, 0.1) is 10.1 Å². The van der Waals surface area contributed by atoms with Gasteiger partial charge < -0.3 is 4.84 Å². The molecule has 5 heteroatoms. The van der Waals surface area contributed by atoms with Gasteiger partial charge in [0.25, 0.3) is 5.09 Å². The van der Waals surface area contributed by atoms with Gasteiger partial charge in [0.05, 0.1) is 0 Å². The highest BCUT2D eigenvalue weighted by atomic mass is 16.9. The first-order valence-corrected chi connectivity index (χ1v) is 3.10. The molecule has 0 aliphatic heterocycles. The van der Waals surface area contributed by atoms with Gasteiger partial charge in [0.15, 0.2) is 0 Å². The second-order valence-corrected chi connectivity index (χ2v) is 1.98. The van der Waals surface area contributed by atoms with Crippen LogP contribution < -0.4 is 0 Å². The molecule has 0 bridgehead atoms. The van der Waals surface area contributed by atoms with Gasteiger partial charge in [0.2, 0.25) is 0 Å². The number of benzene rings is 1. The Labute approximate surface area is 71.8 Å². The van der Waals surface area contributed by atoms with Crippen molar-refractivity contribution in [1.82, 2.24) is 0 Å². The van der Waals surface area contributed by atoms with E-state index in [9.17, 15) is 10.1 Å². The predicted molar refractivity (Wildman–Crippen MR) is 44.0 cm³/mol. The van der Waals surface area contributed by atoms with Crippen LogP contribution in [0.1, 0.15) is 5.56 Å². The number of hydrogen-bond acceptors (Lipinski definition) is 3. The summed E-state index contributed by atoms with van der Waals surface area (Å²) < 4.78 is 0. The third kappa shape index (κ3) is 3.60. The molecule has 1 aromatic carbocycles. The van der Waals surface area contributed by atoms with Crippen molar-refractivity contribution in [2.24, 2.45) is 0 Å². The maximum Gasteiger partial charge on any atom is 0.294 e. The van der Waals surface area contributed by atoms with Crippen LogP contribution in [0.5, 0.6) is 0 Å². The fourth-order valence-corrected chi connectivity index (χ4v) is 0.701. The Morgan fingerprint density at radius 2 is 1.92 bits per heavy atom. The van der Waals surface area contributed by atoms with Crippen LogP contribution >= 0.6 is 0 Å². The van der Waals surface area contributed by atoms with Crippen molar-refractivity contribution in [3.05, 3.63) is 46.0 Å². The smallest absolute Gasteiger partial charge is 0.294 e. The molecular weight excluding hydrogens is 157 g/mol. The Balaban J connectivity index is 0.00000121. The molecule has 3 radical (unpaired) electrons. The summed E-state index contributed by atoms with van der Waals surface area (Å²) in [6.07, 6.45) is 0. The van der Waals surface area contributed by atoms with Crippen LogP contribution in [0.15, 0.2) is 30.3 Å².